The molecule has 1 N–H and O–H groups in total. The molecule has 100 valence electrons. The molecule has 0 spiro atoms. The summed E-state index contributed by atoms with van der Waals surface area (Å²) in [7, 11) is 0. The van der Waals surface area contributed by atoms with E-state index in [9.17, 15) is 4.79 Å². The predicted octanol–water partition coefficient (Wildman–Crippen LogP) is 3.38. The number of hydrogen-bond donors (Lipinski definition) is 1. The van der Waals surface area contributed by atoms with Crippen LogP contribution in [0.5, 0.6) is 0 Å². The van der Waals surface area contributed by atoms with Crippen molar-refractivity contribution in [2.75, 3.05) is 6.54 Å². The molecule has 0 unspecified atom stereocenters. The van der Waals surface area contributed by atoms with Gasteiger partial charge in [-0.05, 0) is 35.7 Å². The van der Waals surface area contributed by atoms with Crippen molar-refractivity contribution in [3.63, 3.8) is 0 Å². The van der Waals surface area contributed by atoms with Gasteiger partial charge in [0.15, 0.2) is 0 Å². The van der Waals surface area contributed by atoms with Gasteiger partial charge in [0.1, 0.15) is 5.76 Å². The van der Waals surface area contributed by atoms with Gasteiger partial charge in [0.05, 0.1) is 6.26 Å². The van der Waals surface area contributed by atoms with Crippen LogP contribution in [0.3, 0.4) is 0 Å². The summed E-state index contributed by atoms with van der Waals surface area (Å²) in [6.45, 7) is 4.86. The summed E-state index contributed by atoms with van der Waals surface area (Å²) in [6.07, 6.45) is 2.35. The van der Waals surface area contributed by atoms with Gasteiger partial charge >= 0.3 is 0 Å². The third-order valence-electron chi connectivity index (χ3n) is 3.08. The van der Waals surface area contributed by atoms with E-state index in [1.54, 1.807) is 6.26 Å². The van der Waals surface area contributed by atoms with Crippen LogP contribution in [0.25, 0.3) is 0 Å². The molecule has 3 nitrogen and oxygen atoms in total. The maximum Gasteiger partial charge on any atom is 0.251 e. The zero-order chi connectivity index (χ0) is 13.7. The van der Waals surface area contributed by atoms with Gasteiger partial charge in [0.25, 0.3) is 5.91 Å². The minimum Gasteiger partial charge on any atom is -0.469 e. The summed E-state index contributed by atoms with van der Waals surface area (Å²) < 4.78 is 5.21. The maximum absolute atomic E-state index is 11.9. The second-order valence-corrected chi connectivity index (χ2v) is 4.86. The Kier molecular flexibility index (Phi) is 4.39. The molecule has 0 aliphatic rings. The molecule has 0 atom stereocenters. The molecule has 2 rings (SSSR count). The van der Waals surface area contributed by atoms with E-state index in [2.05, 4.69) is 19.2 Å². The Morgan fingerprint density at radius 3 is 2.53 bits per heavy atom. The Bertz CT molecular complexity index is 512. The molecule has 1 amide bonds. The van der Waals surface area contributed by atoms with Gasteiger partial charge in [0.2, 0.25) is 0 Å². The maximum atomic E-state index is 11.9. The lowest BCUT2D eigenvalue weighted by Gasteiger charge is -2.07. The van der Waals surface area contributed by atoms with E-state index >= 15 is 0 Å². The molecule has 0 saturated carbocycles. The molecule has 1 heterocycles. The lowest BCUT2D eigenvalue weighted by molar-refractivity contribution is 0.0953. The van der Waals surface area contributed by atoms with Crippen molar-refractivity contribution in [3.8, 4) is 0 Å². The zero-order valence-corrected chi connectivity index (χ0v) is 11.3. The fourth-order valence-corrected chi connectivity index (χ4v) is 1.88. The molecule has 0 fully saturated rings. The standard InChI is InChI=1S/C16H19NO2/c1-12(2)13-5-7-14(8-6-13)16(18)17-10-9-15-4-3-11-19-15/h3-8,11-12H,9-10H2,1-2H3,(H,17,18). The summed E-state index contributed by atoms with van der Waals surface area (Å²) in [6, 6.07) is 11.5. The van der Waals surface area contributed by atoms with Crippen LogP contribution in [-0.2, 0) is 6.42 Å². The summed E-state index contributed by atoms with van der Waals surface area (Å²) in [5.41, 5.74) is 1.94. The van der Waals surface area contributed by atoms with Crippen molar-refractivity contribution in [1.29, 1.82) is 0 Å². The number of carbonyl (C=O) groups excluding carboxylic acids is 1. The third kappa shape index (κ3) is 3.71. The van der Waals surface area contributed by atoms with Gasteiger partial charge in [-0.2, -0.15) is 0 Å². The fraction of sp³-hybridized carbons (Fsp3) is 0.312. The minimum absolute atomic E-state index is 0.0399. The largest absolute Gasteiger partial charge is 0.469 e. The highest BCUT2D eigenvalue weighted by Crippen LogP contribution is 2.14. The van der Waals surface area contributed by atoms with Crippen LogP contribution in [0.4, 0.5) is 0 Å². The molecular weight excluding hydrogens is 238 g/mol. The summed E-state index contributed by atoms with van der Waals surface area (Å²) in [5, 5.41) is 2.89. The van der Waals surface area contributed by atoms with Gasteiger partial charge in [-0.25, -0.2) is 0 Å². The number of amides is 1. The van der Waals surface area contributed by atoms with E-state index in [0.717, 1.165) is 5.76 Å². The lowest BCUT2D eigenvalue weighted by atomic mass is 10.0. The first-order valence-corrected chi connectivity index (χ1v) is 6.57. The van der Waals surface area contributed by atoms with Crippen molar-refractivity contribution < 1.29 is 9.21 Å². The topological polar surface area (TPSA) is 42.2 Å². The fourth-order valence-electron chi connectivity index (χ4n) is 1.88. The lowest BCUT2D eigenvalue weighted by Crippen LogP contribution is -2.25. The molecule has 1 aromatic heterocycles. The van der Waals surface area contributed by atoms with Crippen LogP contribution in [0.2, 0.25) is 0 Å². The second kappa shape index (κ2) is 6.23. The Morgan fingerprint density at radius 2 is 1.95 bits per heavy atom. The Balaban J connectivity index is 1.85. The Hall–Kier alpha value is -2.03. The number of nitrogens with one attached hydrogen (secondary N) is 1. The molecule has 3 heteroatoms. The summed E-state index contributed by atoms with van der Waals surface area (Å²) in [5.74, 6) is 1.33. The van der Waals surface area contributed by atoms with Crippen molar-refractivity contribution in [2.24, 2.45) is 0 Å². The highest BCUT2D eigenvalue weighted by Gasteiger charge is 2.06. The Morgan fingerprint density at radius 1 is 1.21 bits per heavy atom. The third-order valence-corrected chi connectivity index (χ3v) is 3.08. The smallest absolute Gasteiger partial charge is 0.251 e. The molecule has 0 radical (unpaired) electrons. The number of rotatable bonds is 5. The molecular formula is C16H19NO2. The average Bonchev–Trinajstić information content (AvgIpc) is 2.92. The van der Waals surface area contributed by atoms with Crippen LogP contribution in [0.1, 0.15) is 41.4 Å². The molecule has 0 aliphatic heterocycles. The highest BCUT2D eigenvalue weighted by molar-refractivity contribution is 5.94. The highest BCUT2D eigenvalue weighted by atomic mass is 16.3. The number of carbonyl (C=O) groups is 1. The average molecular weight is 257 g/mol. The van der Waals surface area contributed by atoms with Gasteiger partial charge in [-0.3, -0.25) is 4.79 Å². The van der Waals surface area contributed by atoms with Crippen molar-refractivity contribution in [2.45, 2.75) is 26.2 Å². The van der Waals surface area contributed by atoms with Crippen molar-refractivity contribution in [1.82, 2.24) is 5.32 Å². The quantitative estimate of drug-likeness (QED) is 0.892. The molecule has 2 aromatic rings. The first-order chi connectivity index (χ1) is 9.16. The molecule has 0 bridgehead atoms. The van der Waals surface area contributed by atoms with Gasteiger partial charge < -0.3 is 9.73 Å². The van der Waals surface area contributed by atoms with Gasteiger partial charge in [0, 0.05) is 18.5 Å². The van der Waals surface area contributed by atoms with E-state index in [0.29, 0.717) is 24.4 Å². The SMILES string of the molecule is CC(C)c1ccc(C(=O)NCCc2ccco2)cc1. The van der Waals surface area contributed by atoms with Crippen LogP contribution in [-0.4, -0.2) is 12.5 Å². The Labute approximate surface area is 113 Å². The normalized spacial score (nSPS) is 10.7. The number of hydrogen-bond acceptors (Lipinski definition) is 2. The monoisotopic (exact) mass is 257 g/mol. The van der Waals surface area contributed by atoms with Crippen LogP contribution in [0.15, 0.2) is 47.1 Å². The minimum atomic E-state index is -0.0399. The molecule has 1 aromatic carbocycles. The summed E-state index contributed by atoms with van der Waals surface area (Å²) >= 11 is 0. The van der Waals surface area contributed by atoms with E-state index in [1.165, 1.54) is 5.56 Å². The van der Waals surface area contributed by atoms with E-state index in [4.69, 9.17) is 4.42 Å². The van der Waals surface area contributed by atoms with Crippen molar-refractivity contribution in [3.05, 3.63) is 59.5 Å². The predicted molar refractivity (Wildman–Crippen MR) is 75.3 cm³/mol. The van der Waals surface area contributed by atoms with Gasteiger partial charge in [-0.15, -0.1) is 0 Å². The van der Waals surface area contributed by atoms with E-state index in [-0.39, 0.29) is 5.91 Å². The van der Waals surface area contributed by atoms with Crippen molar-refractivity contribution >= 4 is 5.91 Å². The van der Waals surface area contributed by atoms with E-state index in [1.807, 2.05) is 36.4 Å². The van der Waals surface area contributed by atoms with Crippen LogP contribution in [0, 0.1) is 0 Å². The van der Waals surface area contributed by atoms with Crippen LogP contribution < -0.4 is 5.32 Å². The van der Waals surface area contributed by atoms with Crippen LogP contribution >= 0.6 is 0 Å². The summed E-state index contributed by atoms with van der Waals surface area (Å²) in [4.78, 5) is 11.9. The molecule has 0 saturated heterocycles. The zero-order valence-electron chi connectivity index (χ0n) is 11.3. The number of furan rings is 1. The first kappa shape index (κ1) is 13.4. The number of benzene rings is 1. The van der Waals surface area contributed by atoms with E-state index < -0.39 is 0 Å². The molecule has 19 heavy (non-hydrogen) atoms. The first-order valence-electron chi connectivity index (χ1n) is 6.57. The molecule has 0 aliphatic carbocycles. The van der Waals surface area contributed by atoms with Gasteiger partial charge in [-0.1, -0.05) is 26.0 Å². The second-order valence-electron chi connectivity index (χ2n) is 4.86.